The van der Waals surface area contributed by atoms with Crippen LogP contribution in [0.3, 0.4) is 0 Å². The van der Waals surface area contributed by atoms with Crippen LogP contribution in [0.4, 0.5) is 13.2 Å². The van der Waals surface area contributed by atoms with Crippen molar-refractivity contribution in [3.63, 3.8) is 0 Å². The van der Waals surface area contributed by atoms with Crippen LogP contribution in [0.15, 0.2) is 0 Å². The minimum absolute atomic E-state index is 0.305. The van der Waals surface area contributed by atoms with Crippen LogP contribution < -0.4 is 5.32 Å². The summed E-state index contributed by atoms with van der Waals surface area (Å²) in [5.41, 5.74) is 0. The number of carboxylic acids is 1. The molecule has 0 aliphatic carbocycles. The summed E-state index contributed by atoms with van der Waals surface area (Å²) in [6.07, 6.45) is -4.63. The molecule has 2 N–H and O–H groups in total. The maximum atomic E-state index is 12.0. The van der Waals surface area contributed by atoms with Crippen molar-refractivity contribution in [3.05, 3.63) is 0 Å². The van der Waals surface area contributed by atoms with E-state index in [1.807, 2.05) is 0 Å². The van der Waals surface area contributed by atoms with Gasteiger partial charge >= 0.3 is 12.1 Å². The Morgan fingerprint density at radius 2 is 2.09 bits per heavy atom. The Balaban J connectivity index is 1.86. The lowest BCUT2D eigenvalue weighted by Gasteiger charge is -2.43. The van der Waals surface area contributed by atoms with Gasteiger partial charge in [0.05, 0.1) is 6.04 Å². The number of aliphatic carboxylic acids is 1. The first-order valence-corrected chi connectivity index (χ1v) is 8.51. The number of thioether (sulfide) groups is 1. The highest BCUT2D eigenvalue weighted by atomic mass is 32.2. The van der Waals surface area contributed by atoms with Crippen LogP contribution in [0.1, 0.15) is 0 Å². The van der Waals surface area contributed by atoms with Crippen LogP contribution in [0, 0.1) is 0 Å². The number of amides is 2. The van der Waals surface area contributed by atoms with Gasteiger partial charge in [0.1, 0.15) is 17.5 Å². The van der Waals surface area contributed by atoms with Gasteiger partial charge in [-0.25, -0.2) is 4.79 Å². The highest BCUT2D eigenvalue weighted by molar-refractivity contribution is 8.00. The van der Waals surface area contributed by atoms with Gasteiger partial charge in [-0.2, -0.15) is 13.2 Å². The number of carboxylic acid groups (broad SMARTS) is 1. The molecule has 7 nitrogen and oxygen atoms in total. The summed E-state index contributed by atoms with van der Waals surface area (Å²) in [5.74, 6) is -4.84. The highest BCUT2D eigenvalue weighted by Gasteiger charge is 2.57. The van der Waals surface area contributed by atoms with E-state index in [0.717, 1.165) is 16.7 Å². The van der Waals surface area contributed by atoms with E-state index in [4.69, 9.17) is 5.11 Å². The number of nitrogens with zero attached hydrogens (tertiary/aromatic N) is 1. The molecule has 3 unspecified atom stereocenters. The topological polar surface area (TPSA) is 104 Å². The van der Waals surface area contributed by atoms with Crippen molar-refractivity contribution in [2.24, 2.45) is 0 Å². The monoisotopic (exact) mass is 360 g/mol. The number of β-lactam (4-membered cyclic amide) rings is 1. The molecule has 0 bridgehead atoms. The van der Waals surface area contributed by atoms with Gasteiger partial charge in [-0.05, 0) is 0 Å². The minimum atomic E-state index is -4.63. The lowest BCUT2D eigenvalue weighted by atomic mass is 9.97. The van der Waals surface area contributed by atoms with E-state index in [-0.39, 0.29) is 0 Å². The summed E-state index contributed by atoms with van der Waals surface area (Å²) in [7, 11) is -2.41. The second kappa shape index (κ2) is 6.07. The zero-order valence-corrected chi connectivity index (χ0v) is 12.5. The fourth-order valence-electron chi connectivity index (χ4n) is 2.25. The van der Waals surface area contributed by atoms with Crippen LogP contribution in [0.2, 0.25) is 0 Å². The first-order chi connectivity index (χ1) is 10.1. The van der Waals surface area contributed by atoms with Crippen molar-refractivity contribution >= 4 is 40.3 Å². The number of nitrogens with one attached hydrogen (secondary N) is 1. The average molecular weight is 360 g/mol. The Kier molecular flexibility index (Phi) is 4.70. The number of alkyl halides is 3. The molecular formula is C10H11F3N2O5S2. The van der Waals surface area contributed by atoms with E-state index in [1.165, 1.54) is 0 Å². The molecule has 2 aliphatic rings. The first kappa shape index (κ1) is 17.1. The number of rotatable bonds is 5. The van der Waals surface area contributed by atoms with Crippen LogP contribution in [0.5, 0.6) is 0 Å². The van der Waals surface area contributed by atoms with Crippen molar-refractivity contribution in [3.8, 4) is 0 Å². The normalized spacial score (nSPS) is 28.8. The zero-order valence-electron chi connectivity index (χ0n) is 10.8. The SMILES string of the molecule is O=C(CS(=O)CC(F)(F)F)N[C@@H]1C(=O)N2C(C(=O)O)SCC12. The molecule has 2 amide bonds. The number of hydrogen-bond acceptors (Lipinski definition) is 5. The Bertz CT molecular complexity index is 541. The third-order valence-corrected chi connectivity index (χ3v) is 5.60. The van der Waals surface area contributed by atoms with Gasteiger partial charge in [0.15, 0.2) is 5.37 Å². The number of carbonyl (C=O) groups is 3. The van der Waals surface area contributed by atoms with Gasteiger partial charge in [0, 0.05) is 16.6 Å². The molecular weight excluding hydrogens is 349 g/mol. The van der Waals surface area contributed by atoms with E-state index in [0.29, 0.717) is 5.75 Å². The van der Waals surface area contributed by atoms with Crippen LogP contribution >= 0.6 is 11.8 Å². The lowest BCUT2D eigenvalue weighted by molar-refractivity contribution is -0.159. The predicted molar refractivity (Wildman–Crippen MR) is 70.4 cm³/mol. The molecule has 12 heteroatoms. The largest absolute Gasteiger partial charge is 0.479 e. The Morgan fingerprint density at radius 1 is 1.45 bits per heavy atom. The van der Waals surface area contributed by atoms with E-state index in [9.17, 15) is 31.8 Å². The third-order valence-electron chi connectivity index (χ3n) is 3.08. The van der Waals surface area contributed by atoms with Gasteiger partial charge in [-0.3, -0.25) is 13.8 Å². The van der Waals surface area contributed by atoms with E-state index in [1.54, 1.807) is 0 Å². The number of fused-ring (bicyclic) bond motifs is 1. The maximum absolute atomic E-state index is 12.0. The summed E-state index contributed by atoms with van der Waals surface area (Å²) in [4.78, 5) is 35.3. The van der Waals surface area contributed by atoms with Gasteiger partial charge in [-0.15, -0.1) is 11.8 Å². The summed E-state index contributed by atoms with van der Waals surface area (Å²) in [5, 5.41) is 10.1. The van der Waals surface area contributed by atoms with E-state index in [2.05, 4.69) is 5.32 Å². The molecule has 0 aromatic carbocycles. The molecule has 0 saturated carbocycles. The van der Waals surface area contributed by atoms with Gasteiger partial charge in [0.2, 0.25) is 11.8 Å². The molecule has 22 heavy (non-hydrogen) atoms. The molecule has 0 radical (unpaired) electrons. The molecule has 2 heterocycles. The Labute approximate surface area is 129 Å². The Morgan fingerprint density at radius 3 is 2.64 bits per heavy atom. The summed E-state index contributed by atoms with van der Waals surface area (Å²) in [6.45, 7) is 0. The summed E-state index contributed by atoms with van der Waals surface area (Å²) in [6, 6.07) is -1.47. The molecule has 0 spiro atoms. The molecule has 2 saturated heterocycles. The number of halogens is 3. The molecule has 124 valence electrons. The molecule has 2 fully saturated rings. The van der Waals surface area contributed by atoms with E-state index >= 15 is 0 Å². The highest BCUT2D eigenvalue weighted by Crippen LogP contribution is 2.38. The quantitative estimate of drug-likeness (QED) is 0.619. The van der Waals surface area contributed by atoms with Crippen molar-refractivity contribution < 1.29 is 36.9 Å². The van der Waals surface area contributed by atoms with E-state index < -0.39 is 63.7 Å². The lowest BCUT2D eigenvalue weighted by Crippen LogP contribution is -2.71. The fraction of sp³-hybridized carbons (Fsp3) is 0.700. The molecule has 0 aromatic heterocycles. The van der Waals surface area contributed by atoms with Crippen LogP contribution in [-0.4, -0.2) is 72.9 Å². The van der Waals surface area contributed by atoms with Crippen molar-refractivity contribution in [1.29, 1.82) is 0 Å². The second-order valence-corrected chi connectivity index (χ2v) is 7.30. The number of hydrogen-bond donors (Lipinski definition) is 2. The zero-order chi connectivity index (χ0) is 16.7. The average Bonchev–Trinajstić information content (AvgIpc) is 2.73. The van der Waals surface area contributed by atoms with Crippen LogP contribution in [0.25, 0.3) is 0 Å². The van der Waals surface area contributed by atoms with Gasteiger partial charge in [-0.1, -0.05) is 0 Å². The Hall–Kier alpha value is -1.30. The summed E-state index contributed by atoms with van der Waals surface area (Å²) >= 11 is 1.03. The standard InChI is InChI=1S/C10H11F3N2O5S2/c11-10(12,13)3-22(20)2-5(16)14-6-4-1-21-8(9(18)19)15(4)7(6)17/h4,6,8H,1-3H2,(H,14,16)(H,18,19)/t4?,6-,8?,22?/m0/s1. The fourth-order valence-corrected chi connectivity index (χ4v) is 4.39. The second-order valence-electron chi connectivity index (χ2n) is 4.73. The predicted octanol–water partition coefficient (Wildman–Crippen LogP) is -0.849. The maximum Gasteiger partial charge on any atom is 0.400 e. The van der Waals surface area contributed by atoms with Gasteiger partial charge < -0.3 is 15.3 Å². The molecule has 0 aromatic rings. The molecule has 2 rings (SSSR count). The summed E-state index contributed by atoms with van der Waals surface area (Å²) < 4.78 is 47.2. The van der Waals surface area contributed by atoms with Crippen molar-refractivity contribution in [1.82, 2.24) is 10.2 Å². The molecule has 4 atom stereocenters. The van der Waals surface area contributed by atoms with Crippen LogP contribution in [-0.2, 0) is 25.2 Å². The first-order valence-electron chi connectivity index (χ1n) is 5.98. The molecule has 2 aliphatic heterocycles. The van der Waals surface area contributed by atoms with Crippen molar-refractivity contribution in [2.45, 2.75) is 23.6 Å². The smallest absolute Gasteiger partial charge is 0.400 e. The minimum Gasteiger partial charge on any atom is -0.479 e. The number of carbonyl (C=O) groups excluding carboxylic acids is 2. The van der Waals surface area contributed by atoms with Crippen molar-refractivity contribution in [2.75, 3.05) is 17.3 Å². The third kappa shape index (κ3) is 3.54. The van der Waals surface area contributed by atoms with Gasteiger partial charge in [0.25, 0.3) is 0 Å².